The van der Waals surface area contributed by atoms with Crippen LogP contribution in [0, 0.1) is 11.3 Å². The van der Waals surface area contributed by atoms with Crippen molar-refractivity contribution < 1.29 is 14.3 Å². The number of methoxy groups -OCH3 is 1. The van der Waals surface area contributed by atoms with Crippen LogP contribution in [0.5, 0.6) is 5.75 Å². The van der Waals surface area contributed by atoms with Crippen molar-refractivity contribution in [3.05, 3.63) is 66.7 Å². The molecule has 0 spiro atoms. The van der Waals surface area contributed by atoms with E-state index in [1.54, 1.807) is 49.6 Å². The second-order valence-corrected chi connectivity index (χ2v) is 7.69. The van der Waals surface area contributed by atoms with Crippen LogP contribution in [0.3, 0.4) is 0 Å². The van der Waals surface area contributed by atoms with E-state index in [1.165, 1.54) is 6.20 Å². The number of nitrogens with zero attached hydrogens (tertiary/aromatic N) is 8. The van der Waals surface area contributed by atoms with Crippen LogP contribution in [0.25, 0.3) is 22.8 Å². The Morgan fingerprint density at radius 1 is 1.08 bits per heavy atom. The predicted octanol–water partition coefficient (Wildman–Crippen LogP) is 3.18. The highest BCUT2D eigenvalue weighted by Gasteiger charge is 2.19. The average molecular weight is 496 g/mol. The molecule has 13 nitrogen and oxygen atoms in total. The molecule has 0 aliphatic carbocycles. The van der Waals surface area contributed by atoms with E-state index in [2.05, 4.69) is 40.9 Å². The minimum absolute atomic E-state index is 0.0739. The monoisotopic (exact) mass is 496 g/mol. The maximum atomic E-state index is 9.37. The van der Waals surface area contributed by atoms with Crippen molar-refractivity contribution in [2.75, 3.05) is 17.7 Å². The number of pyridine rings is 2. The maximum absolute atomic E-state index is 9.37. The van der Waals surface area contributed by atoms with Crippen molar-refractivity contribution in [3.63, 3.8) is 0 Å². The highest BCUT2D eigenvalue weighted by molar-refractivity contribution is 5.84. The van der Waals surface area contributed by atoms with E-state index < -0.39 is 0 Å². The van der Waals surface area contributed by atoms with E-state index in [1.807, 2.05) is 24.3 Å². The lowest BCUT2D eigenvalue weighted by Gasteiger charge is -2.16. The zero-order valence-corrected chi connectivity index (χ0v) is 19.7. The molecule has 37 heavy (non-hydrogen) atoms. The fourth-order valence-corrected chi connectivity index (χ4v) is 3.58. The van der Waals surface area contributed by atoms with Crippen LogP contribution >= 0.6 is 0 Å². The largest absolute Gasteiger partial charge is 0.494 e. The molecule has 184 valence electrons. The maximum Gasteiger partial charge on any atom is 0.251 e. The van der Waals surface area contributed by atoms with E-state index >= 15 is 0 Å². The summed E-state index contributed by atoms with van der Waals surface area (Å²) in [6.45, 7) is -0.390. The average Bonchev–Trinajstić information content (AvgIpc) is 3.58. The van der Waals surface area contributed by atoms with Gasteiger partial charge in [-0.3, -0.25) is 4.68 Å². The number of hydrogen-bond donors (Lipinski definition) is 3. The van der Waals surface area contributed by atoms with Crippen molar-refractivity contribution in [3.8, 4) is 34.7 Å². The molecule has 0 aliphatic heterocycles. The first-order valence-corrected chi connectivity index (χ1v) is 10.9. The Hall–Kier alpha value is -5.35. The summed E-state index contributed by atoms with van der Waals surface area (Å²) in [6, 6.07) is 12.7. The van der Waals surface area contributed by atoms with Gasteiger partial charge in [0.15, 0.2) is 11.6 Å². The molecule has 13 heteroatoms. The summed E-state index contributed by atoms with van der Waals surface area (Å²) in [5, 5.41) is 37.3. The zero-order chi connectivity index (χ0) is 25.8. The minimum Gasteiger partial charge on any atom is -0.494 e. The molecule has 0 fully saturated rings. The van der Waals surface area contributed by atoms with Crippen LogP contribution in [0.15, 0.2) is 59.5 Å². The fraction of sp³-hybridized carbons (Fsp3) is 0.125. The Kier molecular flexibility index (Phi) is 6.39. The summed E-state index contributed by atoms with van der Waals surface area (Å²) < 4.78 is 12.9. The standard InChI is InChI=1S/C24H20N10O3/c1-34-13-28-23(33-34)16-4-3-5-18(22(16)36-2)30-19-9-20(29-14-6-7-26-15(8-14)10-25)27-11-17(19)24-32-31-21(12-35)37-24/h3-9,11,13,35H,12H2,1-2H3,(H2,26,27,29,30). The molecule has 0 atom stereocenters. The predicted molar refractivity (Wildman–Crippen MR) is 132 cm³/mol. The van der Waals surface area contributed by atoms with Gasteiger partial charge in [-0.1, -0.05) is 6.07 Å². The van der Waals surface area contributed by atoms with E-state index in [0.29, 0.717) is 45.6 Å². The second kappa shape index (κ2) is 10.1. The molecule has 5 rings (SSSR count). The lowest BCUT2D eigenvalue weighted by molar-refractivity contribution is 0.241. The van der Waals surface area contributed by atoms with E-state index in [9.17, 15) is 5.11 Å². The topological polar surface area (TPSA) is 173 Å². The summed E-state index contributed by atoms with van der Waals surface area (Å²) in [5.41, 5.74) is 3.29. The van der Waals surface area contributed by atoms with Gasteiger partial charge in [-0.25, -0.2) is 15.0 Å². The SMILES string of the molecule is COc1c(Nc2cc(Nc3ccnc(C#N)c3)ncc2-c2nnc(CO)o2)cccc1-c1ncn(C)n1. The highest BCUT2D eigenvalue weighted by atomic mass is 16.5. The molecule has 0 saturated heterocycles. The number of rotatable bonds is 8. The van der Waals surface area contributed by atoms with Gasteiger partial charge in [0.1, 0.15) is 30.5 Å². The van der Waals surface area contributed by atoms with E-state index in [-0.39, 0.29) is 24.1 Å². The molecule has 0 bridgehead atoms. The molecule has 0 amide bonds. The van der Waals surface area contributed by atoms with Gasteiger partial charge in [0.05, 0.1) is 29.6 Å². The first-order valence-electron chi connectivity index (χ1n) is 10.9. The third-order valence-electron chi connectivity index (χ3n) is 5.21. The fourth-order valence-electron chi connectivity index (χ4n) is 3.58. The lowest BCUT2D eigenvalue weighted by atomic mass is 10.1. The van der Waals surface area contributed by atoms with E-state index in [0.717, 1.165) is 0 Å². The number of nitrogens with one attached hydrogen (secondary N) is 2. The van der Waals surface area contributed by atoms with Crippen LogP contribution in [0.4, 0.5) is 22.9 Å². The number of ether oxygens (including phenoxy) is 1. The van der Waals surface area contributed by atoms with Gasteiger partial charge in [0.2, 0.25) is 5.89 Å². The first-order chi connectivity index (χ1) is 18.1. The van der Waals surface area contributed by atoms with Crippen LogP contribution < -0.4 is 15.4 Å². The van der Waals surface area contributed by atoms with E-state index in [4.69, 9.17) is 14.4 Å². The minimum atomic E-state index is -0.390. The quantitative estimate of drug-likeness (QED) is 0.287. The molecule has 0 saturated carbocycles. The van der Waals surface area contributed by atoms with Gasteiger partial charge >= 0.3 is 0 Å². The Labute approximate surface area is 210 Å². The normalized spacial score (nSPS) is 10.6. The number of aliphatic hydroxyl groups excluding tert-OH is 1. The molecule has 4 heterocycles. The number of anilines is 4. The number of aryl methyl sites for hydroxylation is 1. The number of aliphatic hydroxyl groups is 1. The molecule has 0 aliphatic rings. The zero-order valence-electron chi connectivity index (χ0n) is 19.7. The molecular weight excluding hydrogens is 476 g/mol. The summed E-state index contributed by atoms with van der Waals surface area (Å²) in [4.78, 5) is 12.8. The van der Waals surface area contributed by atoms with Gasteiger partial charge in [-0.2, -0.15) is 10.4 Å². The summed E-state index contributed by atoms with van der Waals surface area (Å²) in [5.74, 6) is 1.76. The Morgan fingerprint density at radius 2 is 1.97 bits per heavy atom. The van der Waals surface area contributed by atoms with Gasteiger partial charge in [-0.05, 0) is 24.3 Å². The van der Waals surface area contributed by atoms with Gasteiger partial charge in [0.25, 0.3) is 5.89 Å². The molecule has 3 N–H and O–H groups in total. The van der Waals surface area contributed by atoms with Crippen molar-refractivity contribution in [2.24, 2.45) is 7.05 Å². The Morgan fingerprint density at radius 3 is 2.70 bits per heavy atom. The van der Waals surface area contributed by atoms with Crippen LogP contribution in [0.1, 0.15) is 11.6 Å². The molecular formula is C24H20N10O3. The van der Waals surface area contributed by atoms with Crippen molar-refractivity contribution in [1.82, 2.24) is 34.9 Å². The first kappa shape index (κ1) is 23.4. The highest BCUT2D eigenvalue weighted by Crippen LogP contribution is 2.39. The number of nitriles is 1. The van der Waals surface area contributed by atoms with Gasteiger partial charge in [0, 0.05) is 31.2 Å². The van der Waals surface area contributed by atoms with Gasteiger partial charge in [-0.15, -0.1) is 10.2 Å². The smallest absolute Gasteiger partial charge is 0.251 e. The number of hydrogen-bond acceptors (Lipinski definition) is 12. The third-order valence-corrected chi connectivity index (χ3v) is 5.21. The van der Waals surface area contributed by atoms with Crippen LogP contribution in [0.2, 0.25) is 0 Å². The summed E-state index contributed by atoms with van der Waals surface area (Å²) in [6.07, 6.45) is 4.70. The molecule has 1 aromatic carbocycles. The second-order valence-electron chi connectivity index (χ2n) is 7.69. The van der Waals surface area contributed by atoms with Gasteiger partial charge < -0.3 is 24.9 Å². The number of aromatic nitrogens is 7. The Balaban J connectivity index is 1.57. The third kappa shape index (κ3) is 4.90. The molecule has 5 aromatic rings. The lowest BCUT2D eigenvalue weighted by Crippen LogP contribution is -2.02. The van der Waals surface area contributed by atoms with Crippen LogP contribution in [-0.2, 0) is 13.7 Å². The van der Waals surface area contributed by atoms with Crippen molar-refractivity contribution >= 4 is 22.9 Å². The van der Waals surface area contributed by atoms with Crippen molar-refractivity contribution in [1.29, 1.82) is 5.26 Å². The van der Waals surface area contributed by atoms with Crippen molar-refractivity contribution in [2.45, 2.75) is 6.61 Å². The Bertz CT molecular complexity index is 1600. The number of benzene rings is 1. The molecule has 0 radical (unpaired) electrons. The summed E-state index contributed by atoms with van der Waals surface area (Å²) in [7, 11) is 3.35. The molecule has 0 unspecified atom stereocenters. The summed E-state index contributed by atoms with van der Waals surface area (Å²) >= 11 is 0. The molecule has 4 aromatic heterocycles. The van der Waals surface area contributed by atoms with Crippen LogP contribution in [-0.4, -0.2) is 47.1 Å². The number of para-hydroxylation sites is 1.